The number of nitrogens with zero attached hydrogens (tertiary/aromatic N) is 1. The van der Waals surface area contributed by atoms with E-state index in [0.29, 0.717) is 3.92 Å². The molecule has 1 rings (SSSR count). The first-order chi connectivity index (χ1) is 5.26. The van der Waals surface area contributed by atoms with E-state index >= 15 is 0 Å². The normalized spacial score (nSPS) is 30.5. The summed E-state index contributed by atoms with van der Waals surface area (Å²) in [7, 11) is 0. The van der Waals surface area contributed by atoms with Gasteiger partial charge < -0.3 is 10.3 Å². The van der Waals surface area contributed by atoms with Gasteiger partial charge in [0.25, 0.3) is 0 Å². The fraction of sp³-hybridized carbons (Fsp3) is 1.00. The Morgan fingerprint density at radius 1 is 1.17 bits per heavy atom. The van der Waals surface area contributed by atoms with Crippen LogP contribution in [0.2, 0.25) is 0 Å². The number of piperidine rings is 1. The van der Waals surface area contributed by atoms with Gasteiger partial charge in [0.2, 0.25) is 0 Å². The van der Waals surface area contributed by atoms with Crippen molar-refractivity contribution in [2.24, 2.45) is 0 Å². The maximum atomic E-state index is 11.8. The van der Waals surface area contributed by atoms with Gasteiger partial charge >= 0.3 is 0 Å². The van der Waals surface area contributed by atoms with Gasteiger partial charge in [0.05, 0.1) is 0 Å². The molecule has 0 aromatic rings. The second kappa shape index (κ2) is 3.10. The van der Waals surface area contributed by atoms with Crippen LogP contribution in [-0.2, 0) is 0 Å². The molecule has 1 fully saturated rings. The first-order valence-electron chi connectivity index (χ1n) is 4.37. The number of rotatable bonds is 0. The minimum absolute atomic E-state index is 0.187. The monoisotopic (exact) mass is 282 g/mol. The average Bonchev–Trinajstić information content (AvgIpc) is 1.80. The lowest BCUT2D eigenvalue weighted by atomic mass is 9.82. The Morgan fingerprint density at radius 3 is 1.83 bits per heavy atom. The third kappa shape index (κ3) is 1.93. The number of halogens is 1. The van der Waals surface area contributed by atoms with E-state index in [2.05, 4.69) is 22.6 Å². The van der Waals surface area contributed by atoms with Gasteiger partial charge in [-0.2, -0.15) is 0 Å². The zero-order valence-electron chi connectivity index (χ0n) is 8.22. The van der Waals surface area contributed by atoms with Crippen LogP contribution in [0, 0.1) is 5.21 Å². The summed E-state index contributed by atoms with van der Waals surface area (Å²) in [5.74, 6) is 0. The second-order valence-electron chi connectivity index (χ2n) is 4.92. The Bertz CT molecular complexity index is 161. The Labute approximate surface area is 88.4 Å². The van der Waals surface area contributed by atoms with Crippen LogP contribution in [0.15, 0.2) is 0 Å². The van der Waals surface area contributed by atoms with Crippen LogP contribution in [0.1, 0.15) is 40.5 Å². The fourth-order valence-corrected chi connectivity index (χ4v) is 4.30. The van der Waals surface area contributed by atoms with Crippen LogP contribution < -0.4 is 0 Å². The summed E-state index contributed by atoms with van der Waals surface area (Å²) < 4.78 is 0.637. The van der Waals surface area contributed by atoms with Crippen LogP contribution in [0.25, 0.3) is 0 Å². The SMILES string of the molecule is CC1(C)CC(I)CC(C)(C)N1[O-]. The molecule has 1 heterocycles. The topological polar surface area (TPSA) is 26.3 Å². The highest BCUT2D eigenvalue weighted by atomic mass is 127. The molecule has 0 bridgehead atoms. The molecule has 0 spiro atoms. The molecule has 0 unspecified atom stereocenters. The number of hydrogen-bond donors (Lipinski definition) is 0. The van der Waals surface area contributed by atoms with Gasteiger partial charge in [-0.1, -0.05) is 22.6 Å². The fourth-order valence-electron chi connectivity index (χ4n) is 2.14. The van der Waals surface area contributed by atoms with E-state index in [-0.39, 0.29) is 11.1 Å². The van der Waals surface area contributed by atoms with Crippen molar-refractivity contribution in [3.63, 3.8) is 0 Å². The summed E-state index contributed by atoms with van der Waals surface area (Å²) in [6.45, 7) is 8.14. The molecule has 0 aromatic carbocycles. The third-order valence-electron chi connectivity index (χ3n) is 2.54. The van der Waals surface area contributed by atoms with Gasteiger partial charge in [-0.05, 0) is 40.5 Å². The van der Waals surface area contributed by atoms with Gasteiger partial charge in [-0.25, -0.2) is 0 Å². The van der Waals surface area contributed by atoms with Gasteiger partial charge in [-0.3, -0.25) is 0 Å². The Kier molecular flexibility index (Phi) is 2.77. The van der Waals surface area contributed by atoms with E-state index in [1.807, 2.05) is 27.7 Å². The largest absolute Gasteiger partial charge is 0.784 e. The van der Waals surface area contributed by atoms with Crippen molar-refractivity contribution in [3.8, 4) is 0 Å². The zero-order valence-corrected chi connectivity index (χ0v) is 10.4. The van der Waals surface area contributed by atoms with Crippen LogP contribution in [0.4, 0.5) is 0 Å². The quantitative estimate of drug-likeness (QED) is 0.504. The Balaban J connectivity index is 2.84. The summed E-state index contributed by atoms with van der Waals surface area (Å²) >= 11 is 2.45. The lowest BCUT2D eigenvalue weighted by Gasteiger charge is -2.59. The standard InChI is InChI=1S/C9H17INO/c1-8(2)5-7(10)6-9(3,4)11(8)12/h7H,5-6H2,1-4H3/q-1. The average molecular weight is 282 g/mol. The predicted octanol–water partition coefficient (Wildman–Crippen LogP) is 2.94. The molecule has 0 N–H and O–H groups in total. The van der Waals surface area contributed by atoms with Crippen LogP contribution >= 0.6 is 22.6 Å². The summed E-state index contributed by atoms with van der Waals surface area (Å²) in [5.41, 5.74) is -0.374. The molecule has 0 amide bonds. The Morgan fingerprint density at radius 2 is 1.50 bits per heavy atom. The maximum absolute atomic E-state index is 11.8. The van der Waals surface area contributed by atoms with Gasteiger partial charge in [-0.15, -0.1) is 0 Å². The van der Waals surface area contributed by atoms with Crippen molar-refractivity contribution in [1.29, 1.82) is 0 Å². The zero-order chi connectivity index (χ0) is 9.57. The second-order valence-corrected chi connectivity index (χ2v) is 6.69. The van der Waals surface area contributed by atoms with Crippen molar-refractivity contribution < 1.29 is 0 Å². The molecule has 3 heteroatoms. The van der Waals surface area contributed by atoms with Crippen molar-refractivity contribution in [3.05, 3.63) is 5.21 Å². The van der Waals surface area contributed by atoms with E-state index in [1.54, 1.807) is 0 Å². The summed E-state index contributed by atoms with van der Waals surface area (Å²) in [5, 5.41) is 13.1. The predicted molar refractivity (Wildman–Crippen MR) is 60.4 cm³/mol. The van der Waals surface area contributed by atoms with Gasteiger partial charge in [0.1, 0.15) is 0 Å². The van der Waals surface area contributed by atoms with E-state index < -0.39 is 0 Å². The molecular weight excluding hydrogens is 265 g/mol. The van der Waals surface area contributed by atoms with Crippen molar-refractivity contribution in [1.82, 2.24) is 5.06 Å². The van der Waals surface area contributed by atoms with E-state index in [0.717, 1.165) is 12.8 Å². The van der Waals surface area contributed by atoms with Crippen LogP contribution in [0.3, 0.4) is 0 Å². The number of alkyl halides is 1. The molecule has 1 aliphatic rings. The van der Waals surface area contributed by atoms with Crippen LogP contribution in [0.5, 0.6) is 0 Å². The minimum Gasteiger partial charge on any atom is -0.784 e. The molecule has 1 aliphatic heterocycles. The number of hydroxylamine groups is 2. The molecule has 0 aliphatic carbocycles. The van der Waals surface area contributed by atoms with Crippen LogP contribution in [-0.4, -0.2) is 20.1 Å². The summed E-state index contributed by atoms with van der Waals surface area (Å²) in [4.78, 5) is 0. The minimum atomic E-state index is -0.187. The van der Waals surface area contributed by atoms with E-state index in [1.165, 1.54) is 5.06 Å². The Hall–Kier alpha value is 0.650. The van der Waals surface area contributed by atoms with Crippen molar-refractivity contribution in [2.45, 2.75) is 55.5 Å². The van der Waals surface area contributed by atoms with E-state index in [4.69, 9.17) is 0 Å². The first kappa shape index (κ1) is 10.7. The van der Waals surface area contributed by atoms with Gasteiger partial charge in [0, 0.05) is 15.0 Å². The molecular formula is C9H17INO-. The lowest BCUT2D eigenvalue weighted by Crippen LogP contribution is -2.57. The molecule has 2 nitrogen and oxygen atoms in total. The maximum Gasteiger partial charge on any atom is 0.0144 e. The highest BCUT2D eigenvalue weighted by Crippen LogP contribution is 2.40. The summed E-state index contributed by atoms with van der Waals surface area (Å²) in [6, 6.07) is 0. The highest BCUT2D eigenvalue weighted by molar-refractivity contribution is 14.1. The third-order valence-corrected chi connectivity index (χ3v) is 3.42. The molecule has 0 aromatic heterocycles. The molecule has 0 atom stereocenters. The molecule has 72 valence electrons. The first-order valence-corrected chi connectivity index (χ1v) is 5.62. The molecule has 1 saturated heterocycles. The van der Waals surface area contributed by atoms with Crippen molar-refractivity contribution >= 4 is 22.6 Å². The van der Waals surface area contributed by atoms with Gasteiger partial charge in [0.15, 0.2) is 0 Å². The lowest BCUT2D eigenvalue weighted by molar-refractivity contribution is 0.0255. The summed E-state index contributed by atoms with van der Waals surface area (Å²) in [6.07, 6.45) is 2.00. The molecule has 0 radical (unpaired) electrons. The number of hydrogen-bond acceptors (Lipinski definition) is 2. The molecule has 12 heavy (non-hydrogen) atoms. The smallest absolute Gasteiger partial charge is 0.0144 e. The molecule has 0 saturated carbocycles. The van der Waals surface area contributed by atoms with E-state index in [9.17, 15) is 5.21 Å². The highest BCUT2D eigenvalue weighted by Gasteiger charge is 2.38. The van der Waals surface area contributed by atoms with Crippen molar-refractivity contribution in [2.75, 3.05) is 0 Å².